The van der Waals surface area contributed by atoms with Gasteiger partial charge in [-0.3, -0.25) is 0 Å². The van der Waals surface area contributed by atoms with Gasteiger partial charge in [0.25, 0.3) is 0 Å². The third-order valence-electron chi connectivity index (χ3n) is 3.82. The van der Waals surface area contributed by atoms with Gasteiger partial charge in [-0.25, -0.2) is 9.38 Å². The number of rotatable bonds is 5. The summed E-state index contributed by atoms with van der Waals surface area (Å²) in [5.41, 5.74) is 4.18. The molecule has 2 aromatic carbocycles. The molecule has 0 unspecified atom stereocenters. The van der Waals surface area contributed by atoms with Gasteiger partial charge in [0.2, 0.25) is 0 Å². The lowest BCUT2D eigenvalue weighted by molar-refractivity contribution is 0.552. The van der Waals surface area contributed by atoms with Crippen LogP contribution in [0.5, 0.6) is 0 Å². The molecule has 4 heteroatoms. The molecule has 0 aliphatic rings. The van der Waals surface area contributed by atoms with Crippen molar-refractivity contribution in [3.05, 3.63) is 64.5 Å². The van der Waals surface area contributed by atoms with Crippen molar-refractivity contribution in [1.29, 1.82) is 5.26 Å². The molecule has 0 saturated heterocycles. The molecule has 0 bridgehead atoms. The summed E-state index contributed by atoms with van der Waals surface area (Å²) < 4.78 is 13.9. The van der Waals surface area contributed by atoms with Crippen LogP contribution in [-0.2, 0) is 6.42 Å². The Hall–Kier alpha value is -2.67. The highest BCUT2D eigenvalue weighted by Crippen LogP contribution is 2.26. The van der Waals surface area contributed by atoms with Gasteiger partial charge < -0.3 is 4.90 Å². The zero-order chi connectivity index (χ0) is 16.8. The number of halogens is 1. The van der Waals surface area contributed by atoms with Crippen LogP contribution in [0.25, 0.3) is 0 Å². The van der Waals surface area contributed by atoms with Crippen molar-refractivity contribution in [2.24, 2.45) is 4.99 Å². The van der Waals surface area contributed by atoms with E-state index >= 15 is 0 Å². The summed E-state index contributed by atoms with van der Waals surface area (Å²) in [4.78, 5) is 6.32. The van der Waals surface area contributed by atoms with Crippen LogP contribution in [0, 0.1) is 24.1 Å². The molecule has 0 radical (unpaired) electrons. The van der Waals surface area contributed by atoms with Crippen molar-refractivity contribution in [2.45, 2.75) is 20.3 Å². The molecule has 0 atom stereocenters. The van der Waals surface area contributed by atoms with Crippen molar-refractivity contribution in [1.82, 2.24) is 4.90 Å². The average molecular weight is 309 g/mol. The van der Waals surface area contributed by atoms with E-state index in [1.165, 1.54) is 6.07 Å². The van der Waals surface area contributed by atoms with Crippen LogP contribution in [0.15, 0.2) is 41.4 Å². The first kappa shape index (κ1) is 16.7. The van der Waals surface area contributed by atoms with E-state index in [1.54, 1.807) is 24.5 Å². The second kappa shape index (κ2) is 7.55. The highest BCUT2D eigenvalue weighted by molar-refractivity contribution is 5.64. The van der Waals surface area contributed by atoms with Gasteiger partial charge in [-0.05, 0) is 61.2 Å². The maximum absolute atomic E-state index is 13.9. The SMILES string of the molecule is CCN(C)C=Nc1cc(F)cc(Cc2ccc(C#N)cc2)c1C. The summed E-state index contributed by atoms with van der Waals surface area (Å²) >= 11 is 0. The summed E-state index contributed by atoms with van der Waals surface area (Å²) in [5, 5.41) is 8.84. The molecule has 23 heavy (non-hydrogen) atoms. The summed E-state index contributed by atoms with van der Waals surface area (Å²) in [5.74, 6) is -0.287. The summed E-state index contributed by atoms with van der Waals surface area (Å²) in [6.07, 6.45) is 2.33. The fourth-order valence-electron chi connectivity index (χ4n) is 2.20. The Kier molecular flexibility index (Phi) is 5.48. The van der Waals surface area contributed by atoms with Gasteiger partial charge >= 0.3 is 0 Å². The molecule has 0 aliphatic carbocycles. The average Bonchev–Trinajstić information content (AvgIpc) is 2.56. The van der Waals surface area contributed by atoms with Crippen LogP contribution in [0.1, 0.15) is 29.2 Å². The van der Waals surface area contributed by atoms with Crippen molar-refractivity contribution < 1.29 is 4.39 Å². The minimum Gasteiger partial charge on any atom is -0.366 e. The molecule has 118 valence electrons. The molecule has 0 aromatic heterocycles. The molecule has 0 saturated carbocycles. The first-order valence-corrected chi connectivity index (χ1v) is 7.56. The Morgan fingerprint density at radius 3 is 2.57 bits per heavy atom. The largest absolute Gasteiger partial charge is 0.366 e. The van der Waals surface area contributed by atoms with Crippen LogP contribution >= 0.6 is 0 Å². The van der Waals surface area contributed by atoms with E-state index in [4.69, 9.17) is 5.26 Å². The van der Waals surface area contributed by atoms with E-state index in [9.17, 15) is 4.39 Å². The Morgan fingerprint density at radius 1 is 1.26 bits per heavy atom. The lowest BCUT2D eigenvalue weighted by Gasteiger charge is -2.12. The fourth-order valence-corrected chi connectivity index (χ4v) is 2.20. The quantitative estimate of drug-likeness (QED) is 0.613. The Morgan fingerprint density at radius 2 is 1.96 bits per heavy atom. The molecule has 2 rings (SSSR count). The van der Waals surface area contributed by atoms with Gasteiger partial charge in [-0.2, -0.15) is 5.26 Å². The molecule has 0 N–H and O–H groups in total. The number of hydrogen-bond acceptors (Lipinski definition) is 2. The standard InChI is InChI=1S/C19H20FN3/c1-4-23(3)13-22-19-11-18(20)10-17(14(19)2)9-15-5-7-16(12-21)8-6-15/h5-8,10-11,13H,4,9H2,1-3H3. The van der Waals surface area contributed by atoms with Crippen LogP contribution in [0.2, 0.25) is 0 Å². The second-order valence-electron chi connectivity index (χ2n) is 5.51. The van der Waals surface area contributed by atoms with Gasteiger partial charge in [0, 0.05) is 13.6 Å². The normalized spacial score (nSPS) is 10.7. The number of hydrogen-bond donors (Lipinski definition) is 0. The zero-order valence-corrected chi connectivity index (χ0v) is 13.7. The molecule has 0 heterocycles. The maximum Gasteiger partial charge on any atom is 0.125 e. The number of nitriles is 1. The monoisotopic (exact) mass is 309 g/mol. The predicted octanol–water partition coefficient (Wildman–Crippen LogP) is 4.21. The van der Waals surface area contributed by atoms with Gasteiger partial charge in [-0.1, -0.05) is 12.1 Å². The maximum atomic E-state index is 13.9. The summed E-state index contributed by atoms with van der Waals surface area (Å²) in [7, 11) is 1.93. The molecule has 3 nitrogen and oxygen atoms in total. The van der Waals surface area contributed by atoms with Crippen molar-refractivity contribution in [2.75, 3.05) is 13.6 Å². The number of benzene rings is 2. The Balaban J connectivity index is 2.29. The highest BCUT2D eigenvalue weighted by atomic mass is 19.1. The second-order valence-corrected chi connectivity index (χ2v) is 5.51. The van der Waals surface area contributed by atoms with Crippen LogP contribution in [-0.4, -0.2) is 24.8 Å². The summed E-state index contributed by atoms with van der Waals surface area (Å²) in [6.45, 7) is 4.83. The van der Waals surface area contributed by atoms with Crippen molar-refractivity contribution >= 4 is 12.0 Å². The van der Waals surface area contributed by atoms with Crippen LogP contribution in [0.4, 0.5) is 10.1 Å². The lowest BCUT2D eigenvalue weighted by atomic mass is 9.98. The topological polar surface area (TPSA) is 39.4 Å². The first-order valence-electron chi connectivity index (χ1n) is 7.56. The van der Waals surface area contributed by atoms with Gasteiger partial charge in [0.05, 0.1) is 23.7 Å². The van der Waals surface area contributed by atoms with E-state index in [2.05, 4.69) is 11.1 Å². The minimum atomic E-state index is -0.287. The molecule has 2 aromatic rings. The van der Waals surface area contributed by atoms with E-state index in [-0.39, 0.29) is 5.82 Å². The Bertz CT molecular complexity index is 742. The predicted molar refractivity (Wildman–Crippen MR) is 91.6 cm³/mol. The molecule has 0 fully saturated rings. The van der Waals surface area contributed by atoms with Gasteiger partial charge in [-0.15, -0.1) is 0 Å². The molecular weight excluding hydrogens is 289 g/mol. The number of nitrogens with zero attached hydrogens (tertiary/aromatic N) is 3. The molecule has 0 aliphatic heterocycles. The molecular formula is C19H20FN3. The third-order valence-corrected chi connectivity index (χ3v) is 3.82. The fraction of sp³-hybridized carbons (Fsp3) is 0.263. The van der Waals surface area contributed by atoms with Gasteiger partial charge in [0.15, 0.2) is 0 Å². The van der Waals surface area contributed by atoms with Crippen molar-refractivity contribution in [3.8, 4) is 6.07 Å². The van der Waals surface area contributed by atoms with E-state index in [0.29, 0.717) is 17.7 Å². The smallest absolute Gasteiger partial charge is 0.125 e. The molecule has 0 amide bonds. The Labute approximate surface area is 136 Å². The van der Waals surface area contributed by atoms with Crippen molar-refractivity contribution in [3.63, 3.8) is 0 Å². The van der Waals surface area contributed by atoms with Crippen LogP contribution in [0.3, 0.4) is 0 Å². The molecule has 0 spiro atoms. The third kappa shape index (κ3) is 4.40. The summed E-state index contributed by atoms with van der Waals surface area (Å²) in [6, 6.07) is 12.5. The highest BCUT2D eigenvalue weighted by Gasteiger charge is 2.08. The van der Waals surface area contributed by atoms with Gasteiger partial charge in [0.1, 0.15) is 5.82 Å². The first-order chi connectivity index (χ1) is 11.0. The van der Waals surface area contributed by atoms with E-state index < -0.39 is 0 Å². The van der Waals surface area contributed by atoms with E-state index in [1.807, 2.05) is 37.9 Å². The zero-order valence-electron chi connectivity index (χ0n) is 13.7. The van der Waals surface area contributed by atoms with Crippen LogP contribution < -0.4 is 0 Å². The van der Waals surface area contributed by atoms with E-state index in [0.717, 1.165) is 23.2 Å². The number of aliphatic imine (C=N–C) groups is 1. The lowest BCUT2D eigenvalue weighted by Crippen LogP contribution is -2.14. The minimum absolute atomic E-state index is 0.287.